The van der Waals surface area contributed by atoms with Crippen LogP contribution in [0.5, 0.6) is 0 Å². The SMILES string of the molecule is CN1CCN(C)CC2(CCN(C(=O)N(C)C)CC2)C1. The normalized spacial score (nSPS) is 25.4. The van der Waals surface area contributed by atoms with E-state index in [-0.39, 0.29) is 6.03 Å². The Morgan fingerprint density at radius 3 is 1.84 bits per heavy atom. The lowest BCUT2D eigenvalue weighted by Crippen LogP contribution is -2.51. The van der Waals surface area contributed by atoms with Crippen molar-refractivity contribution in [1.82, 2.24) is 19.6 Å². The summed E-state index contributed by atoms with van der Waals surface area (Å²) in [5, 5.41) is 0. The number of likely N-dealkylation sites (N-methyl/N-ethyl adjacent to an activating group) is 2. The molecule has 0 bridgehead atoms. The Kier molecular flexibility index (Phi) is 4.36. The Hall–Kier alpha value is -0.810. The lowest BCUT2D eigenvalue weighted by molar-refractivity contribution is 0.0713. The molecule has 5 heteroatoms. The third kappa shape index (κ3) is 3.39. The standard InChI is InChI=1S/C14H28N4O/c1-15(2)13(19)18-7-5-14(6-8-18)11-16(3)9-10-17(4)12-14/h5-12H2,1-4H3. The molecule has 110 valence electrons. The number of urea groups is 1. The molecule has 2 amide bonds. The molecule has 0 aromatic rings. The van der Waals surface area contributed by atoms with E-state index in [2.05, 4.69) is 23.9 Å². The zero-order chi connectivity index (χ0) is 14.0. The Labute approximate surface area is 117 Å². The molecule has 0 radical (unpaired) electrons. The van der Waals surface area contributed by atoms with Crippen LogP contribution in [0.2, 0.25) is 0 Å². The zero-order valence-corrected chi connectivity index (χ0v) is 12.9. The van der Waals surface area contributed by atoms with Crippen LogP contribution in [0.4, 0.5) is 4.79 Å². The highest BCUT2D eigenvalue weighted by molar-refractivity contribution is 5.73. The lowest BCUT2D eigenvalue weighted by Gasteiger charge is -2.44. The average Bonchev–Trinajstić information content (AvgIpc) is 2.49. The van der Waals surface area contributed by atoms with Gasteiger partial charge in [-0.05, 0) is 32.4 Å². The number of amides is 2. The first kappa shape index (κ1) is 14.6. The molecule has 2 heterocycles. The van der Waals surface area contributed by atoms with Crippen LogP contribution in [0.1, 0.15) is 12.8 Å². The Morgan fingerprint density at radius 2 is 1.42 bits per heavy atom. The van der Waals surface area contributed by atoms with Crippen molar-refractivity contribution in [2.24, 2.45) is 5.41 Å². The van der Waals surface area contributed by atoms with Gasteiger partial charge in [-0.15, -0.1) is 0 Å². The minimum atomic E-state index is 0.158. The highest BCUT2D eigenvalue weighted by Gasteiger charge is 2.39. The fraction of sp³-hybridized carbons (Fsp3) is 0.929. The van der Waals surface area contributed by atoms with Gasteiger partial charge in [0, 0.05) is 53.4 Å². The summed E-state index contributed by atoms with van der Waals surface area (Å²) in [6.45, 7) is 6.44. The maximum absolute atomic E-state index is 12.0. The molecule has 1 spiro atoms. The van der Waals surface area contributed by atoms with Crippen LogP contribution in [-0.4, -0.2) is 93.1 Å². The first-order chi connectivity index (χ1) is 8.92. The summed E-state index contributed by atoms with van der Waals surface area (Å²) in [6.07, 6.45) is 2.25. The van der Waals surface area contributed by atoms with Crippen molar-refractivity contribution in [3.63, 3.8) is 0 Å². The molecule has 2 fully saturated rings. The number of hydrogen-bond donors (Lipinski definition) is 0. The van der Waals surface area contributed by atoms with Gasteiger partial charge in [0.1, 0.15) is 0 Å². The van der Waals surface area contributed by atoms with Gasteiger partial charge in [-0.25, -0.2) is 4.79 Å². The molecule has 2 aliphatic rings. The number of likely N-dealkylation sites (tertiary alicyclic amines) is 1. The summed E-state index contributed by atoms with van der Waals surface area (Å²) in [5.41, 5.74) is 0.378. The van der Waals surface area contributed by atoms with Crippen LogP contribution in [0.15, 0.2) is 0 Å². The van der Waals surface area contributed by atoms with E-state index in [9.17, 15) is 4.79 Å². The molecule has 0 unspecified atom stereocenters. The maximum atomic E-state index is 12.0. The number of rotatable bonds is 0. The highest BCUT2D eigenvalue weighted by atomic mass is 16.2. The molecular weight excluding hydrogens is 240 g/mol. The second-order valence-electron chi connectivity index (χ2n) is 6.64. The van der Waals surface area contributed by atoms with Crippen molar-refractivity contribution in [3.05, 3.63) is 0 Å². The van der Waals surface area contributed by atoms with Crippen molar-refractivity contribution >= 4 is 6.03 Å². The van der Waals surface area contributed by atoms with Gasteiger partial charge in [0.2, 0.25) is 0 Å². The molecule has 0 aliphatic carbocycles. The maximum Gasteiger partial charge on any atom is 0.319 e. The van der Waals surface area contributed by atoms with Crippen molar-refractivity contribution in [3.8, 4) is 0 Å². The van der Waals surface area contributed by atoms with Crippen LogP contribution >= 0.6 is 0 Å². The molecule has 5 nitrogen and oxygen atoms in total. The molecular formula is C14H28N4O. The van der Waals surface area contributed by atoms with Gasteiger partial charge in [-0.2, -0.15) is 0 Å². The van der Waals surface area contributed by atoms with Crippen molar-refractivity contribution < 1.29 is 4.79 Å². The van der Waals surface area contributed by atoms with Crippen LogP contribution in [0.3, 0.4) is 0 Å². The molecule has 2 rings (SSSR count). The number of piperidine rings is 1. The molecule has 0 saturated carbocycles. The Balaban J connectivity index is 1.98. The second-order valence-corrected chi connectivity index (χ2v) is 6.64. The largest absolute Gasteiger partial charge is 0.331 e. The minimum absolute atomic E-state index is 0.158. The van der Waals surface area contributed by atoms with E-state index >= 15 is 0 Å². The van der Waals surface area contributed by atoms with Gasteiger partial charge in [0.15, 0.2) is 0 Å². The summed E-state index contributed by atoms with van der Waals surface area (Å²) >= 11 is 0. The van der Waals surface area contributed by atoms with Gasteiger partial charge < -0.3 is 19.6 Å². The minimum Gasteiger partial charge on any atom is -0.331 e. The molecule has 2 aliphatic heterocycles. The van der Waals surface area contributed by atoms with Crippen LogP contribution in [-0.2, 0) is 0 Å². The average molecular weight is 268 g/mol. The fourth-order valence-corrected chi connectivity index (χ4v) is 3.47. The van der Waals surface area contributed by atoms with Crippen LogP contribution in [0.25, 0.3) is 0 Å². The molecule has 0 N–H and O–H groups in total. The van der Waals surface area contributed by atoms with E-state index in [0.29, 0.717) is 5.41 Å². The predicted molar refractivity (Wildman–Crippen MR) is 77.3 cm³/mol. The summed E-state index contributed by atoms with van der Waals surface area (Å²) in [6, 6.07) is 0.158. The summed E-state index contributed by atoms with van der Waals surface area (Å²) in [7, 11) is 8.11. The number of hydrogen-bond acceptors (Lipinski definition) is 3. The Morgan fingerprint density at radius 1 is 0.947 bits per heavy atom. The van der Waals surface area contributed by atoms with E-state index in [1.165, 1.54) is 13.1 Å². The van der Waals surface area contributed by atoms with E-state index in [1.54, 1.807) is 4.90 Å². The fourth-order valence-electron chi connectivity index (χ4n) is 3.47. The second kappa shape index (κ2) is 5.67. The molecule has 0 aromatic carbocycles. The first-order valence-electron chi connectivity index (χ1n) is 7.25. The van der Waals surface area contributed by atoms with Gasteiger partial charge in [-0.1, -0.05) is 0 Å². The molecule has 0 atom stereocenters. The van der Waals surface area contributed by atoms with Crippen molar-refractivity contribution in [2.45, 2.75) is 12.8 Å². The zero-order valence-electron chi connectivity index (χ0n) is 12.9. The third-order valence-corrected chi connectivity index (χ3v) is 4.55. The van der Waals surface area contributed by atoms with E-state index in [0.717, 1.165) is 39.0 Å². The summed E-state index contributed by atoms with van der Waals surface area (Å²) in [4.78, 5) is 20.6. The van der Waals surface area contributed by atoms with Crippen molar-refractivity contribution in [2.75, 3.05) is 67.5 Å². The summed E-state index contributed by atoms with van der Waals surface area (Å²) < 4.78 is 0. The molecule has 19 heavy (non-hydrogen) atoms. The number of carbonyl (C=O) groups excluding carboxylic acids is 1. The van der Waals surface area contributed by atoms with E-state index in [4.69, 9.17) is 0 Å². The topological polar surface area (TPSA) is 30.0 Å². The van der Waals surface area contributed by atoms with E-state index in [1.807, 2.05) is 19.0 Å². The highest BCUT2D eigenvalue weighted by Crippen LogP contribution is 2.34. The van der Waals surface area contributed by atoms with Gasteiger partial charge >= 0.3 is 6.03 Å². The summed E-state index contributed by atoms with van der Waals surface area (Å²) in [5.74, 6) is 0. The molecule has 0 aromatic heterocycles. The quantitative estimate of drug-likeness (QED) is 0.645. The number of carbonyl (C=O) groups is 1. The third-order valence-electron chi connectivity index (χ3n) is 4.55. The van der Waals surface area contributed by atoms with Crippen molar-refractivity contribution in [1.29, 1.82) is 0 Å². The monoisotopic (exact) mass is 268 g/mol. The van der Waals surface area contributed by atoms with Crippen LogP contribution in [0, 0.1) is 5.41 Å². The first-order valence-corrected chi connectivity index (χ1v) is 7.25. The predicted octanol–water partition coefficient (Wildman–Crippen LogP) is 0.627. The van der Waals surface area contributed by atoms with Gasteiger partial charge in [0.25, 0.3) is 0 Å². The lowest BCUT2D eigenvalue weighted by atomic mass is 9.77. The van der Waals surface area contributed by atoms with Crippen LogP contribution < -0.4 is 0 Å². The smallest absolute Gasteiger partial charge is 0.319 e. The number of nitrogens with zero attached hydrogens (tertiary/aromatic N) is 4. The van der Waals surface area contributed by atoms with E-state index < -0.39 is 0 Å². The Bertz CT molecular complexity index is 309. The van der Waals surface area contributed by atoms with Gasteiger partial charge in [0.05, 0.1) is 0 Å². The molecule has 2 saturated heterocycles. The van der Waals surface area contributed by atoms with Gasteiger partial charge in [-0.3, -0.25) is 0 Å².